The number of nitrogens with one attached hydrogen (secondary N) is 1. The lowest BCUT2D eigenvalue weighted by molar-refractivity contribution is 0.0562. The smallest absolute Gasteiger partial charge is 0.373 e. The van der Waals surface area contributed by atoms with Crippen molar-refractivity contribution < 1.29 is 18.7 Å². The van der Waals surface area contributed by atoms with Crippen molar-refractivity contribution in [1.29, 1.82) is 0 Å². The molecule has 16 heavy (non-hydrogen) atoms. The van der Waals surface area contributed by atoms with Crippen LogP contribution < -0.4 is 5.32 Å². The van der Waals surface area contributed by atoms with Crippen molar-refractivity contribution in [3.8, 4) is 0 Å². The Morgan fingerprint density at radius 3 is 3.00 bits per heavy atom. The molecule has 0 spiro atoms. The standard InChI is InChI=1S/C11H17NO4/c1-3-15-7-6-12-8-9-4-5-10(16-9)11(13)14-2/h4-5,12H,3,6-8H2,1-2H3. The molecule has 0 bridgehead atoms. The molecule has 1 aromatic rings. The van der Waals surface area contributed by atoms with Gasteiger partial charge in [0, 0.05) is 13.2 Å². The Balaban J connectivity index is 2.27. The molecular weight excluding hydrogens is 210 g/mol. The molecule has 0 aromatic carbocycles. The number of methoxy groups -OCH3 is 1. The lowest BCUT2D eigenvalue weighted by atomic mass is 10.4. The van der Waals surface area contributed by atoms with Crippen LogP contribution in [0, 0.1) is 0 Å². The van der Waals surface area contributed by atoms with E-state index in [1.54, 1.807) is 12.1 Å². The molecule has 1 N–H and O–H groups in total. The van der Waals surface area contributed by atoms with E-state index in [0.717, 1.165) is 13.2 Å². The highest BCUT2D eigenvalue weighted by atomic mass is 16.5. The van der Waals surface area contributed by atoms with Crippen LogP contribution in [0.2, 0.25) is 0 Å². The van der Waals surface area contributed by atoms with Gasteiger partial charge in [-0.2, -0.15) is 0 Å². The molecule has 0 saturated heterocycles. The van der Waals surface area contributed by atoms with Gasteiger partial charge in [-0.1, -0.05) is 0 Å². The molecule has 0 fully saturated rings. The molecule has 0 aliphatic carbocycles. The minimum absolute atomic E-state index is 0.226. The average Bonchev–Trinajstić information content (AvgIpc) is 2.76. The van der Waals surface area contributed by atoms with Crippen LogP contribution in [0.15, 0.2) is 16.5 Å². The third-order valence-electron chi connectivity index (χ3n) is 1.97. The number of rotatable bonds is 7. The van der Waals surface area contributed by atoms with Crippen LogP contribution in [0.5, 0.6) is 0 Å². The summed E-state index contributed by atoms with van der Waals surface area (Å²) in [6.07, 6.45) is 0. The number of carbonyl (C=O) groups excluding carboxylic acids is 1. The van der Waals surface area contributed by atoms with Crippen LogP contribution in [-0.4, -0.2) is 32.8 Å². The monoisotopic (exact) mass is 227 g/mol. The molecule has 0 aliphatic rings. The molecule has 1 aromatic heterocycles. The first-order valence-electron chi connectivity index (χ1n) is 5.23. The first-order valence-corrected chi connectivity index (χ1v) is 5.23. The topological polar surface area (TPSA) is 60.7 Å². The summed E-state index contributed by atoms with van der Waals surface area (Å²) in [7, 11) is 1.32. The maximum atomic E-state index is 11.1. The van der Waals surface area contributed by atoms with Crippen LogP contribution >= 0.6 is 0 Å². The molecule has 1 rings (SSSR count). The van der Waals surface area contributed by atoms with Crippen LogP contribution in [0.3, 0.4) is 0 Å². The summed E-state index contributed by atoms with van der Waals surface area (Å²) in [5.74, 6) is 0.474. The normalized spacial score (nSPS) is 10.4. The Hall–Kier alpha value is -1.33. The Labute approximate surface area is 94.7 Å². The highest BCUT2D eigenvalue weighted by Crippen LogP contribution is 2.08. The van der Waals surface area contributed by atoms with Gasteiger partial charge in [0.2, 0.25) is 5.76 Å². The fraction of sp³-hybridized carbons (Fsp3) is 0.545. The Morgan fingerprint density at radius 1 is 1.50 bits per heavy atom. The molecule has 1 heterocycles. The Kier molecular flexibility index (Phi) is 5.60. The SMILES string of the molecule is CCOCCNCc1ccc(C(=O)OC)o1. The minimum atomic E-state index is -0.458. The van der Waals surface area contributed by atoms with Crippen LogP contribution in [0.1, 0.15) is 23.2 Å². The summed E-state index contributed by atoms with van der Waals surface area (Å²) >= 11 is 0. The predicted molar refractivity (Wildman–Crippen MR) is 58.2 cm³/mol. The fourth-order valence-corrected chi connectivity index (χ4v) is 1.18. The van der Waals surface area contributed by atoms with E-state index in [4.69, 9.17) is 9.15 Å². The highest BCUT2D eigenvalue weighted by Gasteiger charge is 2.10. The summed E-state index contributed by atoms with van der Waals surface area (Å²) in [4.78, 5) is 11.1. The van der Waals surface area contributed by atoms with Gasteiger partial charge in [-0.25, -0.2) is 4.79 Å². The molecule has 5 nitrogen and oxygen atoms in total. The van der Waals surface area contributed by atoms with Crippen molar-refractivity contribution in [1.82, 2.24) is 5.32 Å². The van der Waals surface area contributed by atoms with Crippen molar-refractivity contribution in [2.45, 2.75) is 13.5 Å². The number of carbonyl (C=O) groups is 1. The van der Waals surface area contributed by atoms with E-state index in [9.17, 15) is 4.79 Å². The number of ether oxygens (including phenoxy) is 2. The molecule has 0 radical (unpaired) electrons. The average molecular weight is 227 g/mol. The summed E-state index contributed by atoms with van der Waals surface area (Å²) < 4.78 is 15.0. The van der Waals surface area contributed by atoms with Gasteiger partial charge in [-0.3, -0.25) is 0 Å². The van der Waals surface area contributed by atoms with E-state index >= 15 is 0 Å². The van der Waals surface area contributed by atoms with E-state index in [1.807, 2.05) is 6.92 Å². The number of hydrogen-bond donors (Lipinski definition) is 1. The lowest BCUT2D eigenvalue weighted by Gasteiger charge is -2.02. The second-order valence-corrected chi connectivity index (χ2v) is 3.13. The van der Waals surface area contributed by atoms with Gasteiger partial charge in [0.05, 0.1) is 20.3 Å². The van der Waals surface area contributed by atoms with E-state index < -0.39 is 5.97 Å². The highest BCUT2D eigenvalue weighted by molar-refractivity contribution is 5.86. The minimum Gasteiger partial charge on any atom is -0.463 e. The Bertz CT molecular complexity index is 322. The maximum Gasteiger partial charge on any atom is 0.373 e. The summed E-state index contributed by atoms with van der Waals surface area (Å²) in [6.45, 7) is 4.66. The number of furan rings is 1. The summed E-state index contributed by atoms with van der Waals surface area (Å²) in [5.41, 5.74) is 0. The maximum absolute atomic E-state index is 11.1. The molecule has 0 saturated carbocycles. The van der Waals surface area contributed by atoms with Crippen LogP contribution in [0.4, 0.5) is 0 Å². The molecule has 5 heteroatoms. The van der Waals surface area contributed by atoms with Crippen LogP contribution in [0.25, 0.3) is 0 Å². The fourth-order valence-electron chi connectivity index (χ4n) is 1.18. The molecule has 0 unspecified atom stereocenters. The van der Waals surface area contributed by atoms with Crippen molar-refractivity contribution in [3.63, 3.8) is 0 Å². The van der Waals surface area contributed by atoms with E-state index in [-0.39, 0.29) is 5.76 Å². The quantitative estimate of drug-likeness (QED) is 0.560. The lowest BCUT2D eigenvalue weighted by Crippen LogP contribution is -2.18. The van der Waals surface area contributed by atoms with Crippen molar-refractivity contribution >= 4 is 5.97 Å². The molecule has 0 atom stereocenters. The van der Waals surface area contributed by atoms with Gasteiger partial charge >= 0.3 is 5.97 Å². The van der Waals surface area contributed by atoms with E-state index in [0.29, 0.717) is 18.9 Å². The molecule has 0 aliphatic heterocycles. The van der Waals surface area contributed by atoms with Gasteiger partial charge in [-0.15, -0.1) is 0 Å². The van der Waals surface area contributed by atoms with Gasteiger partial charge in [-0.05, 0) is 19.1 Å². The first kappa shape index (κ1) is 12.7. The van der Waals surface area contributed by atoms with E-state index in [2.05, 4.69) is 10.1 Å². The summed E-state index contributed by atoms with van der Waals surface area (Å²) in [5, 5.41) is 3.14. The predicted octanol–water partition coefficient (Wildman–Crippen LogP) is 1.19. The second-order valence-electron chi connectivity index (χ2n) is 3.13. The zero-order valence-electron chi connectivity index (χ0n) is 9.62. The second kappa shape index (κ2) is 7.03. The first-order chi connectivity index (χ1) is 7.77. The largest absolute Gasteiger partial charge is 0.463 e. The number of hydrogen-bond acceptors (Lipinski definition) is 5. The molecular formula is C11H17NO4. The van der Waals surface area contributed by atoms with Crippen molar-refractivity contribution in [3.05, 3.63) is 23.7 Å². The molecule has 0 amide bonds. The number of esters is 1. The third kappa shape index (κ3) is 4.04. The zero-order chi connectivity index (χ0) is 11.8. The van der Waals surface area contributed by atoms with Crippen molar-refractivity contribution in [2.75, 3.05) is 26.9 Å². The zero-order valence-corrected chi connectivity index (χ0v) is 9.62. The van der Waals surface area contributed by atoms with Crippen molar-refractivity contribution in [2.24, 2.45) is 0 Å². The van der Waals surface area contributed by atoms with Gasteiger partial charge in [0.25, 0.3) is 0 Å². The summed E-state index contributed by atoms with van der Waals surface area (Å²) in [6, 6.07) is 3.35. The van der Waals surface area contributed by atoms with Gasteiger partial charge in [0.1, 0.15) is 5.76 Å². The van der Waals surface area contributed by atoms with Gasteiger partial charge in [0.15, 0.2) is 0 Å². The third-order valence-corrected chi connectivity index (χ3v) is 1.97. The van der Waals surface area contributed by atoms with Gasteiger partial charge < -0.3 is 19.2 Å². The Morgan fingerprint density at radius 2 is 2.31 bits per heavy atom. The molecule has 90 valence electrons. The van der Waals surface area contributed by atoms with E-state index in [1.165, 1.54) is 7.11 Å². The van der Waals surface area contributed by atoms with Crippen LogP contribution in [-0.2, 0) is 16.0 Å².